The number of carbonyl (C=O) groups is 2. The van der Waals surface area contributed by atoms with E-state index >= 15 is 0 Å². The summed E-state index contributed by atoms with van der Waals surface area (Å²) in [6.45, 7) is 1.26. The number of amides is 2. The maximum Gasteiger partial charge on any atom is 0.389 e. The lowest BCUT2D eigenvalue weighted by Gasteiger charge is -2.32. The van der Waals surface area contributed by atoms with Gasteiger partial charge in [-0.1, -0.05) is 11.3 Å². The summed E-state index contributed by atoms with van der Waals surface area (Å²) in [6, 6.07) is 4.24. The average Bonchev–Trinajstić information content (AvgIpc) is 3.51. The molecular weight excluding hydrogens is 575 g/mol. The highest BCUT2D eigenvalue weighted by atomic mass is 19.4. The Balaban J connectivity index is 1.67. The minimum Gasteiger partial charge on any atom is -0.364 e. The van der Waals surface area contributed by atoms with Gasteiger partial charge in [0.2, 0.25) is 18.3 Å². The van der Waals surface area contributed by atoms with Crippen LogP contribution in [-0.2, 0) is 11.3 Å². The van der Waals surface area contributed by atoms with Crippen molar-refractivity contribution in [2.24, 2.45) is 11.7 Å². The van der Waals surface area contributed by atoms with Crippen molar-refractivity contribution in [2.75, 3.05) is 0 Å². The highest BCUT2D eigenvalue weighted by molar-refractivity contribution is 5.92. The van der Waals surface area contributed by atoms with Crippen molar-refractivity contribution in [1.82, 2.24) is 30.3 Å². The minimum absolute atomic E-state index is 0.0385. The highest BCUT2D eigenvalue weighted by Gasteiger charge is 2.42. The second-order valence-electron chi connectivity index (χ2n) is 10.6. The zero-order chi connectivity index (χ0) is 30.8. The van der Waals surface area contributed by atoms with Crippen LogP contribution in [0.15, 0.2) is 18.2 Å². The molecule has 0 unspecified atom stereocenters. The van der Waals surface area contributed by atoms with E-state index in [0.717, 1.165) is 4.68 Å². The summed E-state index contributed by atoms with van der Waals surface area (Å²) in [5, 5.41) is 10.5. The van der Waals surface area contributed by atoms with Crippen molar-refractivity contribution in [1.29, 1.82) is 0 Å². The number of H-pyrrole nitrogens is 1. The van der Waals surface area contributed by atoms with Crippen LogP contribution in [0.1, 0.15) is 91.4 Å². The number of fused-ring (bicyclic) bond motifs is 1. The molecule has 1 aliphatic carbocycles. The van der Waals surface area contributed by atoms with Crippen LogP contribution >= 0.6 is 0 Å². The topological polar surface area (TPSA) is 132 Å². The fourth-order valence-electron chi connectivity index (χ4n) is 5.25. The number of aromatic amines is 1. The summed E-state index contributed by atoms with van der Waals surface area (Å²) < 4.78 is 92.2. The molecule has 2 amide bonds. The molecule has 1 saturated carbocycles. The number of halogens is 7. The van der Waals surface area contributed by atoms with Gasteiger partial charge in [-0.3, -0.25) is 9.59 Å². The predicted octanol–water partition coefficient (Wildman–Crippen LogP) is 5.39. The Bertz CT molecular complexity index is 1410. The van der Waals surface area contributed by atoms with Gasteiger partial charge in [0.25, 0.3) is 5.91 Å². The molecule has 0 spiro atoms. The number of aromatic nitrogens is 5. The Labute approximate surface area is 235 Å². The number of primary amides is 1. The van der Waals surface area contributed by atoms with E-state index in [9.17, 15) is 40.3 Å². The van der Waals surface area contributed by atoms with Crippen LogP contribution < -0.4 is 11.1 Å². The molecule has 1 fully saturated rings. The molecule has 4 rings (SSSR count). The lowest BCUT2D eigenvalue weighted by molar-refractivity contribution is -0.144. The van der Waals surface area contributed by atoms with E-state index in [4.69, 9.17) is 5.73 Å². The van der Waals surface area contributed by atoms with Crippen molar-refractivity contribution in [3.8, 4) is 0 Å². The van der Waals surface area contributed by atoms with E-state index in [1.165, 1.54) is 0 Å². The quantitative estimate of drug-likeness (QED) is 0.253. The number of nitrogens with two attached hydrogens (primary N) is 1. The summed E-state index contributed by atoms with van der Waals surface area (Å²) in [6.07, 6.45) is -10.4. The number of imidazole rings is 1. The molecule has 42 heavy (non-hydrogen) atoms. The molecule has 4 N–H and O–H groups in total. The molecule has 16 heteroatoms. The average molecular weight is 606 g/mol. The maximum atomic E-state index is 14.0. The van der Waals surface area contributed by atoms with Crippen LogP contribution in [0, 0.1) is 5.92 Å². The first-order valence-electron chi connectivity index (χ1n) is 13.4. The van der Waals surface area contributed by atoms with Crippen molar-refractivity contribution in [3.05, 3.63) is 41.0 Å². The Morgan fingerprint density at radius 1 is 1.21 bits per heavy atom. The van der Waals surface area contributed by atoms with Crippen LogP contribution in [0.25, 0.3) is 11.0 Å². The highest BCUT2D eigenvalue weighted by Crippen LogP contribution is 2.45. The van der Waals surface area contributed by atoms with Crippen molar-refractivity contribution in [3.63, 3.8) is 0 Å². The number of rotatable bonds is 11. The van der Waals surface area contributed by atoms with Gasteiger partial charge in [-0.2, -0.15) is 13.2 Å². The fourth-order valence-corrected chi connectivity index (χ4v) is 5.25. The van der Waals surface area contributed by atoms with Crippen molar-refractivity contribution < 1.29 is 40.3 Å². The SMILES string of the molecule is C[C@@H](NC(=O)CCC(F)(F)F)c1ccc2nc([C@H](c3nnn(CCC(F)F)c3C(N)=O)C3CCC(F)(F)CC3)[nH]c2c1. The molecule has 3 aromatic rings. The summed E-state index contributed by atoms with van der Waals surface area (Å²) in [4.78, 5) is 32.2. The molecule has 2 aromatic heterocycles. The van der Waals surface area contributed by atoms with E-state index in [1.807, 2.05) is 0 Å². The van der Waals surface area contributed by atoms with Gasteiger partial charge in [0.05, 0.1) is 29.4 Å². The van der Waals surface area contributed by atoms with Gasteiger partial charge >= 0.3 is 6.18 Å². The summed E-state index contributed by atoms with van der Waals surface area (Å²) in [7, 11) is 0. The van der Waals surface area contributed by atoms with Gasteiger partial charge < -0.3 is 16.0 Å². The Morgan fingerprint density at radius 3 is 2.52 bits per heavy atom. The van der Waals surface area contributed by atoms with E-state index in [0.29, 0.717) is 16.6 Å². The lowest BCUT2D eigenvalue weighted by Crippen LogP contribution is -2.30. The zero-order valence-electron chi connectivity index (χ0n) is 22.5. The molecule has 0 aliphatic heterocycles. The first-order chi connectivity index (χ1) is 19.6. The van der Waals surface area contributed by atoms with Gasteiger partial charge in [-0.25, -0.2) is 27.2 Å². The maximum absolute atomic E-state index is 14.0. The molecule has 0 bridgehead atoms. The number of carbonyl (C=O) groups excluding carboxylic acids is 2. The first kappa shape index (κ1) is 31.2. The second kappa shape index (κ2) is 12.3. The van der Waals surface area contributed by atoms with Crippen LogP contribution in [0.4, 0.5) is 30.7 Å². The van der Waals surface area contributed by atoms with Crippen LogP contribution in [0.2, 0.25) is 0 Å². The molecule has 9 nitrogen and oxygen atoms in total. The Kier molecular flexibility index (Phi) is 9.11. The molecule has 2 heterocycles. The van der Waals surface area contributed by atoms with E-state index < -0.39 is 80.3 Å². The van der Waals surface area contributed by atoms with Gasteiger partial charge in [0.1, 0.15) is 17.2 Å². The number of nitrogens with zero attached hydrogens (tertiary/aromatic N) is 4. The predicted molar refractivity (Wildman–Crippen MR) is 136 cm³/mol. The minimum atomic E-state index is -4.46. The molecule has 230 valence electrons. The number of hydrogen-bond acceptors (Lipinski definition) is 5. The second-order valence-corrected chi connectivity index (χ2v) is 10.6. The molecule has 0 saturated heterocycles. The third kappa shape index (κ3) is 7.56. The number of nitrogens with one attached hydrogen (secondary N) is 2. The monoisotopic (exact) mass is 605 g/mol. The Morgan fingerprint density at radius 2 is 1.90 bits per heavy atom. The van der Waals surface area contributed by atoms with E-state index in [1.54, 1.807) is 25.1 Å². The summed E-state index contributed by atoms with van der Waals surface area (Å²) in [5.74, 6) is -5.64. The molecular formula is C26H30F7N7O2. The first-order valence-corrected chi connectivity index (χ1v) is 13.4. The summed E-state index contributed by atoms with van der Waals surface area (Å²) in [5.41, 5.74) is 6.89. The third-order valence-electron chi connectivity index (χ3n) is 7.41. The van der Waals surface area contributed by atoms with Crippen LogP contribution in [0.5, 0.6) is 0 Å². The lowest BCUT2D eigenvalue weighted by atomic mass is 9.76. The number of hydrogen-bond donors (Lipinski definition) is 3. The van der Waals surface area contributed by atoms with Gasteiger partial charge in [-0.15, -0.1) is 5.10 Å². The van der Waals surface area contributed by atoms with E-state index in [2.05, 4.69) is 25.6 Å². The number of aryl methyl sites for hydroxylation is 1. The van der Waals surface area contributed by atoms with Crippen LogP contribution in [-0.4, -0.2) is 55.3 Å². The zero-order valence-corrected chi connectivity index (χ0v) is 22.5. The molecule has 1 aromatic carbocycles. The molecule has 1 aliphatic rings. The Hall–Kier alpha value is -3.72. The molecule has 2 atom stereocenters. The standard InChI is InChI=1S/C26H30F7N7O2/c1-13(35-19(41)6-10-26(31,32)33)15-2-3-16-17(12-15)37-24(36-16)20(14-4-8-25(29,30)9-5-14)21-22(23(34)42)40(39-38-21)11-7-18(27)28/h2-3,12-14,18,20H,4-11H2,1H3,(H2,34,42)(H,35,41)(H,36,37)/t13-,20+/m1/s1. The fraction of sp³-hybridized carbons (Fsp3) is 0.577. The van der Waals surface area contributed by atoms with E-state index in [-0.39, 0.29) is 36.6 Å². The number of alkyl halides is 7. The molecule has 0 radical (unpaired) electrons. The largest absolute Gasteiger partial charge is 0.389 e. The smallest absolute Gasteiger partial charge is 0.364 e. The van der Waals surface area contributed by atoms with Crippen LogP contribution in [0.3, 0.4) is 0 Å². The third-order valence-corrected chi connectivity index (χ3v) is 7.41. The summed E-state index contributed by atoms with van der Waals surface area (Å²) >= 11 is 0. The van der Waals surface area contributed by atoms with Crippen molar-refractivity contribution >= 4 is 22.8 Å². The van der Waals surface area contributed by atoms with Gasteiger partial charge in [0.15, 0.2) is 0 Å². The van der Waals surface area contributed by atoms with Crippen molar-refractivity contribution in [2.45, 2.75) is 88.9 Å². The normalized spacial score (nSPS) is 17.5. The van der Waals surface area contributed by atoms with Gasteiger partial charge in [-0.05, 0) is 43.4 Å². The van der Waals surface area contributed by atoms with Gasteiger partial charge in [0, 0.05) is 32.2 Å². The number of benzene rings is 1.